The molecule has 0 aliphatic rings. The molecule has 4 aromatic rings. The average Bonchev–Trinajstić information content (AvgIpc) is 3.05. The van der Waals surface area contributed by atoms with E-state index in [9.17, 15) is 4.79 Å². The second-order valence-corrected chi connectivity index (χ2v) is 8.85. The summed E-state index contributed by atoms with van der Waals surface area (Å²) in [7, 11) is 0. The van der Waals surface area contributed by atoms with Gasteiger partial charge in [-0.25, -0.2) is 0 Å². The number of aromatic nitrogens is 1. The average molecular weight is 465 g/mol. The molecule has 0 bridgehead atoms. The lowest BCUT2D eigenvalue weighted by Crippen LogP contribution is -2.16. The van der Waals surface area contributed by atoms with Gasteiger partial charge in [-0.2, -0.15) is 4.99 Å². The number of rotatable bonds is 5. The van der Waals surface area contributed by atoms with Crippen molar-refractivity contribution < 1.29 is 4.79 Å². The zero-order valence-corrected chi connectivity index (χ0v) is 18.5. The molecule has 0 fully saturated rings. The van der Waals surface area contributed by atoms with Gasteiger partial charge in [0, 0.05) is 16.6 Å². The molecule has 1 amide bonds. The first kappa shape index (κ1) is 19.8. The number of nitrogens with zero attached hydrogens (tertiary/aromatic N) is 2. The fourth-order valence-corrected chi connectivity index (χ4v) is 4.93. The van der Waals surface area contributed by atoms with Gasteiger partial charge in [-0.15, -0.1) is 0 Å². The Bertz CT molecular complexity index is 1210. The second kappa shape index (κ2) is 8.89. The van der Waals surface area contributed by atoms with Crippen molar-refractivity contribution in [3.8, 4) is 0 Å². The Morgan fingerprint density at radius 1 is 1.00 bits per heavy atom. The maximum atomic E-state index is 12.8. The van der Waals surface area contributed by atoms with Crippen molar-refractivity contribution in [1.29, 1.82) is 0 Å². The molecule has 0 N–H and O–H groups in total. The van der Waals surface area contributed by atoms with Gasteiger partial charge in [-0.05, 0) is 54.3 Å². The van der Waals surface area contributed by atoms with Crippen LogP contribution < -0.4 is 4.80 Å². The first-order valence-corrected chi connectivity index (χ1v) is 11.3. The van der Waals surface area contributed by atoms with Crippen molar-refractivity contribution >= 4 is 43.4 Å². The summed E-state index contributed by atoms with van der Waals surface area (Å²) in [5.41, 5.74) is 4.17. The smallest absolute Gasteiger partial charge is 0.279 e. The molecule has 0 aliphatic carbocycles. The van der Waals surface area contributed by atoms with Crippen LogP contribution in [-0.2, 0) is 13.0 Å². The topological polar surface area (TPSA) is 34.4 Å². The Morgan fingerprint density at radius 3 is 2.45 bits per heavy atom. The van der Waals surface area contributed by atoms with Crippen LogP contribution in [0.25, 0.3) is 10.2 Å². The largest absolute Gasteiger partial charge is 0.316 e. The van der Waals surface area contributed by atoms with Crippen molar-refractivity contribution in [1.82, 2.24) is 4.57 Å². The molecule has 1 heterocycles. The van der Waals surface area contributed by atoms with E-state index < -0.39 is 0 Å². The highest BCUT2D eigenvalue weighted by Crippen LogP contribution is 2.22. The van der Waals surface area contributed by atoms with Crippen LogP contribution in [0.4, 0.5) is 0 Å². The fourth-order valence-electron chi connectivity index (χ4n) is 3.32. The van der Waals surface area contributed by atoms with Crippen LogP contribution in [0.3, 0.4) is 0 Å². The molecule has 0 atom stereocenters. The fraction of sp³-hybridized carbons (Fsp3) is 0.167. The molecule has 4 rings (SSSR count). The van der Waals surface area contributed by atoms with Gasteiger partial charge in [0.15, 0.2) is 4.80 Å². The molecule has 0 radical (unpaired) electrons. The number of fused-ring (bicyclic) bond motifs is 1. The molecule has 0 aliphatic heterocycles. The highest BCUT2D eigenvalue weighted by molar-refractivity contribution is 9.10. The quantitative estimate of drug-likeness (QED) is 0.345. The summed E-state index contributed by atoms with van der Waals surface area (Å²) in [6, 6.07) is 24.3. The summed E-state index contributed by atoms with van der Waals surface area (Å²) < 4.78 is 4.29. The number of carbonyl (C=O) groups is 1. The van der Waals surface area contributed by atoms with Crippen molar-refractivity contribution in [3.05, 3.63) is 98.8 Å². The van der Waals surface area contributed by atoms with E-state index >= 15 is 0 Å². The van der Waals surface area contributed by atoms with E-state index in [0.717, 1.165) is 38.9 Å². The van der Waals surface area contributed by atoms with Crippen LogP contribution in [0, 0.1) is 0 Å². The summed E-state index contributed by atoms with van der Waals surface area (Å²) in [6.07, 6.45) is 1.84. The number of hydrogen-bond donors (Lipinski definition) is 0. The molecule has 3 aromatic carbocycles. The van der Waals surface area contributed by atoms with Gasteiger partial charge in [0.2, 0.25) is 0 Å². The Kier molecular flexibility index (Phi) is 6.07. The molecule has 29 heavy (non-hydrogen) atoms. The van der Waals surface area contributed by atoms with Crippen LogP contribution in [0.15, 0.2) is 82.3 Å². The van der Waals surface area contributed by atoms with Crippen LogP contribution in [0.1, 0.15) is 34.8 Å². The van der Waals surface area contributed by atoms with Gasteiger partial charge in [0.05, 0.1) is 10.2 Å². The Labute approximate surface area is 182 Å². The third-order valence-corrected chi connectivity index (χ3v) is 6.28. The van der Waals surface area contributed by atoms with Crippen molar-refractivity contribution in [2.24, 2.45) is 4.99 Å². The second-order valence-electron chi connectivity index (χ2n) is 6.92. The van der Waals surface area contributed by atoms with Gasteiger partial charge in [-0.1, -0.05) is 76.7 Å². The van der Waals surface area contributed by atoms with Crippen molar-refractivity contribution in [3.63, 3.8) is 0 Å². The molecule has 5 heteroatoms. The molecular weight excluding hydrogens is 444 g/mol. The number of thiazole rings is 1. The number of amides is 1. The lowest BCUT2D eigenvalue weighted by Gasteiger charge is -2.04. The molecule has 0 saturated carbocycles. The van der Waals surface area contributed by atoms with Crippen molar-refractivity contribution in [2.45, 2.75) is 26.3 Å². The number of benzene rings is 3. The van der Waals surface area contributed by atoms with E-state index in [-0.39, 0.29) is 5.91 Å². The zero-order chi connectivity index (χ0) is 20.2. The third kappa shape index (κ3) is 4.57. The lowest BCUT2D eigenvalue weighted by atomic mass is 10.0. The predicted molar refractivity (Wildman–Crippen MR) is 123 cm³/mol. The van der Waals surface area contributed by atoms with Crippen LogP contribution in [-0.4, -0.2) is 10.5 Å². The van der Waals surface area contributed by atoms with Crippen LogP contribution in [0.2, 0.25) is 0 Å². The molecular formula is C24H21BrN2OS. The Balaban J connectivity index is 1.63. The minimum absolute atomic E-state index is 0.202. The minimum atomic E-state index is -0.202. The highest BCUT2D eigenvalue weighted by atomic mass is 79.9. The predicted octanol–water partition coefficient (Wildman–Crippen LogP) is 6.21. The van der Waals surface area contributed by atoms with E-state index in [1.165, 1.54) is 11.1 Å². The van der Waals surface area contributed by atoms with Crippen molar-refractivity contribution in [2.75, 3.05) is 0 Å². The first-order chi connectivity index (χ1) is 14.1. The number of halogens is 1. The highest BCUT2D eigenvalue weighted by Gasteiger charge is 2.09. The number of aryl methyl sites for hydroxylation is 1. The summed E-state index contributed by atoms with van der Waals surface area (Å²) in [4.78, 5) is 18.0. The maximum absolute atomic E-state index is 12.8. The molecule has 3 nitrogen and oxygen atoms in total. The SMILES string of the molecule is CCCn1c(=NC(=O)c2ccc(Cc3ccccc3)cc2)sc2cc(Br)ccc21. The lowest BCUT2D eigenvalue weighted by molar-refractivity contribution is 0.0998. The summed E-state index contributed by atoms with van der Waals surface area (Å²) >= 11 is 5.07. The third-order valence-electron chi connectivity index (χ3n) is 4.74. The number of hydrogen-bond acceptors (Lipinski definition) is 2. The van der Waals surface area contributed by atoms with E-state index in [1.807, 2.05) is 48.5 Å². The molecule has 0 saturated heterocycles. The zero-order valence-electron chi connectivity index (χ0n) is 16.1. The monoisotopic (exact) mass is 464 g/mol. The minimum Gasteiger partial charge on any atom is -0.316 e. The van der Waals surface area contributed by atoms with Crippen LogP contribution in [0.5, 0.6) is 0 Å². The normalized spacial score (nSPS) is 11.9. The Morgan fingerprint density at radius 2 is 1.72 bits per heavy atom. The van der Waals surface area contributed by atoms with E-state index in [0.29, 0.717) is 5.56 Å². The van der Waals surface area contributed by atoms with Gasteiger partial charge in [0.1, 0.15) is 0 Å². The molecule has 146 valence electrons. The van der Waals surface area contributed by atoms with E-state index in [1.54, 1.807) is 11.3 Å². The van der Waals surface area contributed by atoms with E-state index in [2.05, 4.69) is 56.7 Å². The molecule has 0 unspecified atom stereocenters. The summed E-state index contributed by atoms with van der Waals surface area (Å²) in [6.45, 7) is 2.97. The number of carbonyl (C=O) groups excluding carboxylic acids is 1. The standard InChI is InChI=1S/C24H21BrN2OS/c1-2-14-27-21-13-12-20(25)16-22(21)29-24(27)26-23(28)19-10-8-18(9-11-19)15-17-6-4-3-5-7-17/h3-13,16H,2,14-15H2,1H3. The van der Waals surface area contributed by atoms with Gasteiger partial charge >= 0.3 is 0 Å². The van der Waals surface area contributed by atoms with Crippen LogP contribution >= 0.6 is 27.3 Å². The van der Waals surface area contributed by atoms with Gasteiger partial charge < -0.3 is 4.57 Å². The summed E-state index contributed by atoms with van der Waals surface area (Å²) in [5.74, 6) is -0.202. The van der Waals surface area contributed by atoms with Gasteiger partial charge in [0.25, 0.3) is 5.91 Å². The maximum Gasteiger partial charge on any atom is 0.279 e. The first-order valence-electron chi connectivity index (χ1n) is 9.65. The summed E-state index contributed by atoms with van der Waals surface area (Å²) in [5, 5.41) is 0. The van der Waals surface area contributed by atoms with Gasteiger partial charge in [-0.3, -0.25) is 4.79 Å². The molecule has 1 aromatic heterocycles. The molecule has 0 spiro atoms. The van der Waals surface area contributed by atoms with E-state index in [4.69, 9.17) is 0 Å². The Hall–Kier alpha value is -2.50.